The number of nitrogens with zero attached hydrogens (tertiary/aromatic N) is 1. The van der Waals surface area contributed by atoms with Crippen LogP contribution in [0, 0.1) is 0 Å². The molecule has 1 heterocycles. The third-order valence-corrected chi connectivity index (χ3v) is 5.61. The Bertz CT molecular complexity index is 766. The molecule has 3 heteroatoms. The Morgan fingerprint density at radius 3 is 2.52 bits per heavy atom. The van der Waals surface area contributed by atoms with Crippen molar-refractivity contribution in [3.63, 3.8) is 0 Å². The average molecular weight is 335 g/mol. The van der Waals surface area contributed by atoms with Crippen LogP contribution in [0.2, 0.25) is 0 Å². The molecule has 130 valence electrons. The minimum atomic E-state index is 0.173. The summed E-state index contributed by atoms with van der Waals surface area (Å²) in [4.78, 5) is 15.2. The van der Waals surface area contributed by atoms with E-state index in [1.807, 2.05) is 23.1 Å². The van der Waals surface area contributed by atoms with Crippen molar-refractivity contribution >= 4 is 5.91 Å². The van der Waals surface area contributed by atoms with E-state index < -0.39 is 0 Å². The van der Waals surface area contributed by atoms with Crippen LogP contribution in [-0.4, -0.2) is 24.5 Å². The molecule has 0 unspecified atom stereocenters. The lowest BCUT2D eigenvalue weighted by Gasteiger charge is -2.26. The molecule has 3 nitrogen and oxygen atoms in total. The predicted molar refractivity (Wildman–Crippen MR) is 99.1 cm³/mol. The van der Waals surface area contributed by atoms with Gasteiger partial charge in [-0.2, -0.15) is 0 Å². The lowest BCUT2D eigenvalue weighted by Crippen LogP contribution is -2.30. The molecule has 4 rings (SSSR count). The standard InChI is InChI=1S/C22H25NO2/c1-25-20-12-10-17(11-13-20)21-7-4-14-23(21)22(24)19-9-8-16-5-2-3-6-18(16)15-19/h8-13,15,21H,2-7,14H2,1H3/t21-/m0/s1. The SMILES string of the molecule is COc1ccc([C@@H]2CCCN2C(=O)c2ccc3c(c2)CCCC3)cc1. The van der Waals surface area contributed by atoms with Crippen LogP contribution in [0.5, 0.6) is 5.75 Å². The van der Waals surface area contributed by atoms with Crippen molar-refractivity contribution in [2.24, 2.45) is 0 Å². The van der Waals surface area contributed by atoms with Gasteiger partial charge in [-0.15, -0.1) is 0 Å². The van der Waals surface area contributed by atoms with Crippen LogP contribution in [-0.2, 0) is 12.8 Å². The van der Waals surface area contributed by atoms with Crippen molar-refractivity contribution in [1.29, 1.82) is 0 Å². The van der Waals surface area contributed by atoms with E-state index >= 15 is 0 Å². The van der Waals surface area contributed by atoms with Gasteiger partial charge in [0.1, 0.15) is 5.75 Å². The molecule has 0 spiro atoms. The van der Waals surface area contributed by atoms with Gasteiger partial charge in [0.15, 0.2) is 0 Å². The topological polar surface area (TPSA) is 29.5 Å². The number of methoxy groups -OCH3 is 1. The maximum atomic E-state index is 13.1. The molecule has 1 aliphatic heterocycles. The van der Waals surface area contributed by atoms with Crippen molar-refractivity contribution in [3.05, 3.63) is 64.7 Å². The van der Waals surface area contributed by atoms with Gasteiger partial charge >= 0.3 is 0 Å². The molecule has 0 radical (unpaired) electrons. The molecule has 2 aromatic rings. The predicted octanol–water partition coefficient (Wildman–Crippen LogP) is 4.55. The van der Waals surface area contributed by atoms with Gasteiger partial charge in [-0.25, -0.2) is 0 Å². The molecule has 1 atom stereocenters. The summed E-state index contributed by atoms with van der Waals surface area (Å²) >= 11 is 0. The number of amides is 1. The number of aryl methyl sites for hydroxylation is 2. The Balaban J connectivity index is 1.58. The Morgan fingerprint density at radius 2 is 1.76 bits per heavy atom. The summed E-state index contributed by atoms with van der Waals surface area (Å²) in [5.74, 6) is 1.03. The molecular weight excluding hydrogens is 310 g/mol. The number of fused-ring (bicyclic) bond motifs is 1. The van der Waals surface area contributed by atoms with Gasteiger partial charge in [0.25, 0.3) is 5.91 Å². The van der Waals surface area contributed by atoms with E-state index in [1.165, 1.54) is 29.5 Å². The number of ether oxygens (including phenoxy) is 1. The zero-order valence-corrected chi connectivity index (χ0v) is 14.8. The molecule has 0 saturated carbocycles. The highest BCUT2D eigenvalue weighted by atomic mass is 16.5. The second kappa shape index (κ2) is 6.91. The molecule has 25 heavy (non-hydrogen) atoms. The number of carbonyl (C=O) groups is 1. The van der Waals surface area contributed by atoms with Crippen LogP contribution in [0.15, 0.2) is 42.5 Å². The van der Waals surface area contributed by atoms with E-state index in [0.717, 1.165) is 43.5 Å². The molecule has 0 bridgehead atoms. The number of hydrogen-bond acceptors (Lipinski definition) is 2. The van der Waals surface area contributed by atoms with Gasteiger partial charge < -0.3 is 9.64 Å². The fourth-order valence-electron chi connectivity index (χ4n) is 4.21. The summed E-state index contributed by atoms with van der Waals surface area (Å²) in [5, 5.41) is 0. The van der Waals surface area contributed by atoms with Crippen molar-refractivity contribution in [2.75, 3.05) is 13.7 Å². The van der Waals surface area contributed by atoms with E-state index in [2.05, 4.69) is 24.3 Å². The molecule has 0 N–H and O–H groups in total. The van der Waals surface area contributed by atoms with E-state index in [-0.39, 0.29) is 11.9 Å². The number of likely N-dealkylation sites (tertiary alicyclic amines) is 1. The van der Waals surface area contributed by atoms with E-state index in [0.29, 0.717) is 0 Å². The third kappa shape index (κ3) is 3.15. The summed E-state index contributed by atoms with van der Waals surface area (Å²) < 4.78 is 5.25. The summed E-state index contributed by atoms with van der Waals surface area (Å²) in [6.07, 6.45) is 6.87. The van der Waals surface area contributed by atoms with Crippen LogP contribution in [0.1, 0.15) is 58.8 Å². The first-order chi connectivity index (χ1) is 12.3. The van der Waals surface area contributed by atoms with Crippen molar-refractivity contribution < 1.29 is 9.53 Å². The normalized spacial score (nSPS) is 19.6. The summed E-state index contributed by atoms with van der Waals surface area (Å²) in [5.41, 5.74) is 4.85. The Hall–Kier alpha value is -2.29. The molecule has 1 amide bonds. The minimum Gasteiger partial charge on any atom is -0.497 e. The highest BCUT2D eigenvalue weighted by Crippen LogP contribution is 2.34. The first-order valence-electron chi connectivity index (χ1n) is 9.33. The molecule has 1 aliphatic carbocycles. The van der Waals surface area contributed by atoms with Crippen LogP contribution in [0.25, 0.3) is 0 Å². The Labute approximate surface area is 149 Å². The molecule has 1 fully saturated rings. The molecule has 0 aromatic heterocycles. The zero-order valence-electron chi connectivity index (χ0n) is 14.8. The lowest BCUT2D eigenvalue weighted by molar-refractivity contribution is 0.0735. The van der Waals surface area contributed by atoms with Gasteiger partial charge in [-0.05, 0) is 79.5 Å². The third-order valence-electron chi connectivity index (χ3n) is 5.61. The van der Waals surface area contributed by atoms with E-state index in [1.54, 1.807) is 7.11 Å². The maximum absolute atomic E-state index is 13.1. The van der Waals surface area contributed by atoms with Gasteiger partial charge in [-0.1, -0.05) is 18.2 Å². The first kappa shape index (κ1) is 16.2. The number of carbonyl (C=O) groups excluding carboxylic acids is 1. The maximum Gasteiger partial charge on any atom is 0.254 e. The zero-order chi connectivity index (χ0) is 17.2. The van der Waals surface area contributed by atoms with Crippen LogP contribution < -0.4 is 4.74 Å². The second-order valence-electron chi connectivity index (χ2n) is 7.12. The van der Waals surface area contributed by atoms with Gasteiger partial charge in [-0.3, -0.25) is 4.79 Å². The summed E-state index contributed by atoms with van der Waals surface area (Å²) in [7, 11) is 1.68. The summed E-state index contributed by atoms with van der Waals surface area (Å²) in [6.45, 7) is 0.840. The van der Waals surface area contributed by atoms with Crippen LogP contribution >= 0.6 is 0 Å². The van der Waals surface area contributed by atoms with Gasteiger partial charge in [0.05, 0.1) is 13.2 Å². The number of benzene rings is 2. The monoisotopic (exact) mass is 335 g/mol. The number of rotatable bonds is 3. The largest absolute Gasteiger partial charge is 0.497 e. The van der Waals surface area contributed by atoms with Crippen molar-refractivity contribution in [1.82, 2.24) is 4.90 Å². The van der Waals surface area contributed by atoms with Gasteiger partial charge in [0, 0.05) is 12.1 Å². The highest BCUT2D eigenvalue weighted by Gasteiger charge is 2.30. The summed E-state index contributed by atoms with van der Waals surface area (Å²) in [6, 6.07) is 14.6. The fraction of sp³-hybridized carbons (Fsp3) is 0.409. The quantitative estimate of drug-likeness (QED) is 0.823. The van der Waals surface area contributed by atoms with Gasteiger partial charge in [0.2, 0.25) is 0 Å². The lowest BCUT2D eigenvalue weighted by atomic mass is 9.90. The van der Waals surface area contributed by atoms with Crippen molar-refractivity contribution in [3.8, 4) is 5.75 Å². The highest BCUT2D eigenvalue weighted by molar-refractivity contribution is 5.95. The molecule has 1 saturated heterocycles. The number of hydrogen-bond donors (Lipinski definition) is 0. The van der Waals surface area contributed by atoms with E-state index in [9.17, 15) is 4.79 Å². The molecule has 2 aliphatic rings. The van der Waals surface area contributed by atoms with Crippen molar-refractivity contribution in [2.45, 2.75) is 44.6 Å². The van der Waals surface area contributed by atoms with E-state index in [4.69, 9.17) is 4.74 Å². The Morgan fingerprint density at radius 1 is 1.00 bits per heavy atom. The Kier molecular flexibility index (Phi) is 4.48. The smallest absolute Gasteiger partial charge is 0.254 e. The molecular formula is C22H25NO2. The average Bonchev–Trinajstić information content (AvgIpc) is 3.17. The minimum absolute atomic E-state index is 0.173. The second-order valence-corrected chi connectivity index (χ2v) is 7.12. The van der Waals surface area contributed by atoms with Crippen LogP contribution in [0.4, 0.5) is 0 Å². The van der Waals surface area contributed by atoms with Crippen LogP contribution in [0.3, 0.4) is 0 Å². The first-order valence-corrected chi connectivity index (χ1v) is 9.33. The fourth-order valence-corrected chi connectivity index (χ4v) is 4.21. The molecule has 2 aromatic carbocycles.